The zero-order valence-electron chi connectivity index (χ0n) is 15.1. The molecule has 0 bridgehead atoms. The summed E-state index contributed by atoms with van der Waals surface area (Å²) in [6, 6.07) is 19.2. The molecule has 3 N–H and O–H groups in total. The second-order valence-corrected chi connectivity index (χ2v) is 7.33. The number of imidazole rings is 1. The van der Waals surface area contributed by atoms with E-state index in [2.05, 4.69) is 41.5 Å². The molecule has 28 heavy (non-hydrogen) atoms. The van der Waals surface area contributed by atoms with Gasteiger partial charge in [-0.05, 0) is 59.3 Å². The van der Waals surface area contributed by atoms with E-state index >= 15 is 0 Å². The van der Waals surface area contributed by atoms with Crippen LogP contribution < -0.4 is 10.6 Å². The normalized spacial score (nSPS) is 11.9. The van der Waals surface area contributed by atoms with Gasteiger partial charge in [-0.3, -0.25) is 4.79 Å². The van der Waals surface area contributed by atoms with Crippen LogP contribution in [0.5, 0.6) is 0 Å². The van der Waals surface area contributed by atoms with Crippen molar-refractivity contribution in [2.24, 2.45) is 0 Å². The van der Waals surface area contributed by atoms with E-state index < -0.39 is 6.17 Å². The van der Waals surface area contributed by atoms with Crippen LogP contribution in [0.2, 0.25) is 0 Å². The van der Waals surface area contributed by atoms with Crippen LogP contribution in [0.4, 0.5) is 5.69 Å². The zero-order valence-corrected chi connectivity index (χ0v) is 16.7. The fourth-order valence-electron chi connectivity index (χ4n) is 2.81. The summed E-state index contributed by atoms with van der Waals surface area (Å²) in [7, 11) is 0. The lowest BCUT2D eigenvalue weighted by Gasteiger charge is -2.19. The molecule has 0 aliphatic heterocycles. The Kier molecular flexibility index (Phi) is 5.08. The maximum Gasteiger partial charge on any atom is 0.271 e. The van der Waals surface area contributed by atoms with Crippen molar-refractivity contribution in [1.29, 1.82) is 0 Å². The highest BCUT2D eigenvalue weighted by Gasteiger charge is 2.20. The average Bonchev–Trinajstić information content (AvgIpc) is 3.14. The Labute approximate surface area is 170 Å². The fraction of sp³-hybridized carbons (Fsp3) is 0.0952. The van der Waals surface area contributed by atoms with Crippen LogP contribution in [-0.4, -0.2) is 20.9 Å². The summed E-state index contributed by atoms with van der Waals surface area (Å²) in [5.74, 6) is 0.324. The van der Waals surface area contributed by atoms with Crippen molar-refractivity contribution in [1.82, 2.24) is 20.3 Å². The molecule has 0 fully saturated rings. The standard InChI is InChI=1S/C21H18BrN5O/c1-13-6-9-15(10-7-13)24-19(20-25-16-4-2-3-5-17(16)26-20)27-21(28)18-11-8-14(22)12-23-18/h2-12,19,24H,1H3,(H,25,26)(H,27,28). The molecule has 6 nitrogen and oxygen atoms in total. The molecule has 0 aliphatic carbocycles. The number of pyridine rings is 1. The van der Waals surface area contributed by atoms with Crippen LogP contribution >= 0.6 is 15.9 Å². The number of aryl methyl sites for hydroxylation is 1. The minimum absolute atomic E-state index is 0.294. The van der Waals surface area contributed by atoms with Crippen molar-refractivity contribution < 1.29 is 4.79 Å². The molecule has 1 amide bonds. The number of fused-ring (bicyclic) bond motifs is 1. The summed E-state index contributed by atoms with van der Waals surface area (Å²) in [5.41, 5.74) is 4.11. The minimum atomic E-state index is -0.548. The van der Waals surface area contributed by atoms with Crippen molar-refractivity contribution in [3.63, 3.8) is 0 Å². The number of aromatic amines is 1. The topological polar surface area (TPSA) is 82.7 Å². The van der Waals surface area contributed by atoms with Gasteiger partial charge >= 0.3 is 0 Å². The van der Waals surface area contributed by atoms with Gasteiger partial charge in [0.15, 0.2) is 12.0 Å². The Morgan fingerprint density at radius 1 is 1.07 bits per heavy atom. The lowest BCUT2D eigenvalue weighted by molar-refractivity contribution is 0.0935. The predicted octanol–water partition coefficient (Wildman–Crippen LogP) is 4.57. The molecule has 2 aromatic heterocycles. The van der Waals surface area contributed by atoms with E-state index in [0.717, 1.165) is 26.8 Å². The van der Waals surface area contributed by atoms with Gasteiger partial charge in [-0.15, -0.1) is 0 Å². The number of rotatable bonds is 5. The van der Waals surface area contributed by atoms with Gasteiger partial charge < -0.3 is 15.6 Å². The molecule has 0 aliphatic rings. The molecule has 4 aromatic rings. The summed E-state index contributed by atoms with van der Waals surface area (Å²) in [6.07, 6.45) is 1.05. The highest BCUT2D eigenvalue weighted by Crippen LogP contribution is 2.20. The molecule has 2 aromatic carbocycles. The summed E-state index contributed by atoms with van der Waals surface area (Å²) in [5, 5.41) is 6.30. The first-order valence-electron chi connectivity index (χ1n) is 8.79. The third-order valence-electron chi connectivity index (χ3n) is 4.28. The number of carbonyl (C=O) groups is 1. The number of hydrogen-bond acceptors (Lipinski definition) is 4. The number of aromatic nitrogens is 3. The second kappa shape index (κ2) is 7.82. The van der Waals surface area contributed by atoms with Crippen molar-refractivity contribution >= 4 is 38.6 Å². The maximum absolute atomic E-state index is 12.7. The van der Waals surface area contributed by atoms with E-state index in [9.17, 15) is 4.79 Å². The van der Waals surface area contributed by atoms with Crippen LogP contribution in [0.1, 0.15) is 28.0 Å². The van der Waals surface area contributed by atoms with Crippen molar-refractivity contribution in [3.8, 4) is 0 Å². The van der Waals surface area contributed by atoms with Crippen LogP contribution in [0.15, 0.2) is 71.3 Å². The van der Waals surface area contributed by atoms with Gasteiger partial charge in [-0.1, -0.05) is 29.8 Å². The maximum atomic E-state index is 12.7. The van der Waals surface area contributed by atoms with Gasteiger partial charge in [0.1, 0.15) is 5.69 Å². The van der Waals surface area contributed by atoms with E-state index in [4.69, 9.17) is 0 Å². The molecule has 140 valence electrons. The number of anilines is 1. The third-order valence-corrected chi connectivity index (χ3v) is 4.75. The fourth-order valence-corrected chi connectivity index (χ4v) is 3.05. The molecule has 1 unspecified atom stereocenters. The SMILES string of the molecule is Cc1ccc(NC(NC(=O)c2ccc(Br)cn2)c2nc3ccccc3[nH]2)cc1. The number of carbonyl (C=O) groups excluding carboxylic acids is 1. The number of H-pyrrole nitrogens is 1. The van der Waals surface area contributed by atoms with Crippen molar-refractivity contribution in [2.75, 3.05) is 5.32 Å². The number of nitrogens with zero attached hydrogens (tertiary/aromatic N) is 2. The smallest absolute Gasteiger partial charge is 0.271 e. The summed E-state index contributed by atoms with van der Waals surface area (Å²) < 4.78 is 0.815. The molecular formula is C21H18BrN5O. The summed E-state index contributed by atoms with van der Waals surface area (Å²) in [4.78, 5) is 24.8. The number of halogens is 1. The van der Waals surface area contributed by atoms with Gasteiger partial charge in [0.25, 0.3) is 5.91 Å². The van der Waals surface area contributed by atoms with Crippen LogP contribution in [0, 0.1) is 6.92 Å². The molecule has 4 rings (SSSR count). The summed E-state index contributed by atoms with van der Waals surface area (Å²) >= 11 is 3.33. The monoisotopic (exact) mass is 435 g/mol. The molecule has 7 heteroatoms. The van der Waals surface area contributed by atoms with E-state index in [1.807, 2.05) is 55.5 Å². The van der Waals surface area contributed by atoms with E-state index in [1.54, 1.807) is 18.3 Å². The van der Waals surface area contributed by atoms with E-state index in [-0.39, 0.29) is 5.91 Å². The Morgan fingerprint density at radius 3 is 2.57 bits per heavy atom. The van der Waals surface area contributed by atoms with Gasteiger partial charge in [0.05, 0.1) is 11.0 Å². The van der Waals surface area contributed by atoms with Crippen LogP contribution in [-0.2, 0) is 0 Å². The first-order valence-corrected chi connectivity index (χ1v) is 9.58. The van der Waals surface area contributed by atoms with Crippen molar-refractivity contribution in [2.45, 2.75) is 13.1 Å². The Balaban J connectivity index is 1.64. The van der Waals surface area contributed by atoms with Gasteiger partial charge in [-0.2, -0.15) is 0 Å². The predicted molar refractivity (Wildman–Crippen MR) is 113 cm³/mol. The Hall–Kier alpha value is -3.19. The third kappa shape index (κ3) is 4.04. The molecular weight excluding hydrogens is 418 g/mol. The number of amides is 1. The van der Waals surface area contributed by atoms with Crippen LogP contribution in [0.25, 0.3) is 11.0 Å². The molecule has 0 saturated heterocycles. The van der Waals surface area contributed by atoms with Crippen molar-refractivity contribution in [3.05, 3.63) is 88.4 Å². The molecule has 2 heterocycles. The first kappa shape index (κ1) is 18.2. The molecule has 0 radical (unpaired) electrons. The molecule has 1 atom stereocenters. The first-order chi connectivity index (χ1) is 13.6. The number of nitrogens with one attached hydrogen (secondary N) is 3. The van der Waals surface area contributed by atoms with Gasteiger partial charge in [0.2, 0.25) is 0 Å². The van der Waals surface area contributed by atoms with Crippen LogP contribution in [0.3, 0.4) is 0 Å². The Morgan fingerprint density at radius 2 is 1.86 bits per heavy atom. The lowest BCUT2D eigenvalue weighted by atomic mass is 10.2. The highest BCUT2D eigenvalue weighted by atomic mass is 79.9. The second-order valence-electron chi connectivity index (χ2n) is 6.42. The number of benzene rings is 2. The average molecular weight is 436 g/mol. The number of hydrogen-bond donors (Lipinski definition) is 3. The zero-order chi connectivity index (χ0) is 19.5. The van der Waals surface area contributed by atoms with Gasteiger partial charge in [-0.25, -0.2) is 9.97 Å². The largest absolute Gasteiger partial charge is 0.359 e. The minimum Gasteiger partial charge on any atom is -0.359 e. The summed E-state index contributed by atoms with van der Waals surface area (Å²) in [6.45, 7) is 2.03. The Bertz CT molecular complexity index is 1070. The molecule has 0 spiro atoms. The highest BCUT2D eigenvalue weighted by molar-refractivity contribution is 9.10. The van der Waals surface area contributed by atoms with Gasteiger partial charge in [0, 0.05) is 16.4 Å². The van der Waals surface area contributed by atoms with E-state index in [1.165, 1.54) is 0 Å². The quantitative estimate of drug-likeness (QED) is 0.401. The van der Waals surface area contributed by atoms with E-state index in [0.29, 0.717) is 11.5 Å². The number of para-hydroxylation sites is 2. The lowest BCUT2D eigenvalue weighted by Crippen LogP contribution is -2.34. The molecule has 0 saturated carbocycles.